The zero-order valence-electron chi connectivity index (χ0n) is 7.95. The molecule has 0 aromatic rings. The topological polar surface area (TPSA) is 57.5 Å². The molecule has 2 N–H and O–H groups in total. The minimum Gasteiger partial charge on any atom is -0.481 e. The number of carboxylic acid groups (broad SMARTS) is 1. The Kier molecular flexibility index (Phi) is 4.90. The predicted molar refractivity (Wildman–Crippen MR) is 46.9 cm³/mol. The third-order valence-electron chi connectivity index (χ3n) is 1.95. The molecular formula is C9H18O3. The van der Waals surface area contributed by atoms with Crippen molar-refractivity contribution in [1.82, 2.24) is 0 Å². The van der Waals surface area contributed by atoms with E-state index in [1.165, 1.54) is 6.92 Å². The Morgan fingerprint density at radius 3 is 2.00 bits per heavy atom. The van der Waals surface area contributed by atoms with Gasteiger partial charge in [-0.15, -0.1) is 0 Å². The quantitative estimate of drug-likeness (QED) is 0.664. The summed E-state index contributed by atoms with van der Waals surface area (Å²) in [5.74, 6) is -1.01. The van der Waals surface area contributed by atoms with E-state index in [0.717, 1.165) is 6.42 Å². The second-order valence-corrected chi connectivity index (χ2v) is 3.66. The summed E-state index contributed by atoms with van der Waals surface area (Å²) in [5.41, 5.74) is 0. The average Bonchev–Trinajstić information content (AvgIpc) is 1.84. The van der Waals surface area contributed by atoms with Crippen molar-refractivity contribution >= 4 is 5.97 Å². The molecule has 3 nitrogen and oxygen atoms in total. The highest BCUT2D eigenvalue weighted by Crippen LogP contribution is 2.15. The fraction of sp³-hybridized carbons (Fsp3) is 0.889. The standard InChI is InChI=1S/C9H18O3/c1-6(2)4-5-8(7(3)10)9(11)12/h6-8,10H,4-5H2,1-3H3,(H,11,12)/t7-,8+/m1/s1. The van der Waals surface area contributed by atoms with E-state index >= 15 is 0 Å². The van der Waals surface area contributed by atoms with Gasteiger partial charge in [0.25, 0.3) is 0 Å². The smallest absolute Gasteiger partial charge is 0.309 e. The predicted octanol–water partition coefficient (Wildman–Crippen LogP) is 1.50. The molecule has 0 unspecified atom stereocenters. The third kappa shape index (κ3) is 4.34. The Labute approximate surface area is 73.4 Å². The number of hydrogen-bond donors (Lipinski definition) is 2. The maximum atomic E-state index is 10.6. The number of carbonyl (C=O) groups is 1. The Balaban J connectivity index is 3.88. The van der Waals surface area contributed by atoms with Crippen molar-refractivity contribution in [2.75, 3.05) is 0 Å². The van der Waals surface area contributed by atoms with E-state index in [0.29, 0.717) is 12.3 Å². The molecule has 12 heavy (non-hydrogen) atoms. The van der Waals surface area contributed by atoms with E-state index in [9.17, 15) is 4.79 Å². The molecule has 3 heteroatoms. The van der Waals surface area contributed by atoms with Crippen LogP contribution in [-0.2, 0) is 4.79 Å². The molecule has 0 rings (SSSR count). The van der Waals surface area contributed by atoms with E-state index in [-0.39, 0.29) is 0 Å². The van der Waals surface area contributed by atoms with Crippen molar-refractivity contribution < 1.29 is 15.0 Å². The molecule has 2 atom stereocenters. The van der Waals surface area contributed by atoms with Gasteiger partial charge in [-0.25, -0.2) is 0 Å². The van der Waals surface area contributed by atoms with Crippen LogP contribution in [0.15, 0.2) is 0 Å². The van der Waals surface area contributed by atoms with Crippen LogP contribution in [0.25, 0.3) is 0 Å². The minimum atomic E-state index is -0.898. The highest BCUT2D eigenvalue weighted by molar-refractivity contribution is 5.70. The monoisotopic (exact) mass is 174 g/mol. The number of aliphatic hydroxyl groups excluding tert-OH is 1. The third-order valence-corrected chi connectivity index (χ3v) is 1.95. The summed E-state index contributed by atoms with van der Waals surface area (Å²) in [5, 5.41) is 17.8. The molecule has 0 fully saturated rings. The van der Waals surface area contributed by atoms with Gasteiger partial charge in [0.1, 0.15) is 0 Å². The molecule has 0 aromatic heterocycles. The number of carboxylic acids is 1. The molecule has 0 saturated heterocycles. The van der Waals surface area contributed by atoms with Gasteiger partial charge in [0, 0.05) is 0 Å². The van der Waals surface area contributed by atoms with Crippen molar-refractivity contribution in [2.24, 2.45) is 11.8 Å². The van der Waals surface area contributed by atoms with E-state index in [2.05, 4.69) is 0 Å². The minimum absolute atomic E-state index is 0.491. The summed E-state index contributed by atoms with van der Waals surface area (Å²) < 4.78 is 0. The van der Waals surface area contributed by atoms with Crippen molar-refractivity contribution in [2.45, 2.75) is 39.7 Å². The Hall–Kier alpha value is -0.570. The lowest BCUT2D eigenvalue weighted by atomic mass is 9.94. The fourth-order valence-electron chi connectivity index (χ4n) is 1.08. The van der Waals surface area contributed by atoms with E-state index in [1.54, 1.807) is 0 Å². The summed E-state index contributed by atoms with van der Waals surface area (Å²) in [6.07, 6.45) is 0.660. The van der Waals surface area contributed by atoms with Crippen molar-refractivity contribution in [3.63, 3.8) is 0 Å². The SMILES string of the molecule is CC(C)CC[C@H](C(=O)O)[C@@H](C)O. The lowest BCUT2D eigenvalue weighted by molar-refractivity contribution is -0.145. The zero-order chi connectivity index (χ0) is 9.72. The van der Waals surface area contributed by atoms with Crippen molar-refractivity contribution in [3.05, 3.63) is 0 Å². The second kappa shape index (κ2) is 5.14. The molecular weight excluding hydrogens is 156 g/mol. The average molecular weight is 174 g/mol. The highest BCUT2D eigenvalue weighted by atomic mass is 16.4. The van der Waals surface area contributed by atoms with Gasteiger partial charge in [0.2, 0.25) is 0 Å². The van der Waals surface area contributed by atoms with Crippen LogP contribution in [0.3, 0.4) is 0 Å². The molecule has 0 saturated carbocycles. The first-order valence-electron chi connectivity index (χ1n) is 4.36. The van der Waals surface area contributed by atoms with Gasteiger partial charge in [-0.1, -0.05) is 20.3 Å². The van der Waals surface area contributed by atoms with Crippen molar-refractivity contribution in [3.8, 4) is 0 Å². The first-order valence-corrected chi connectivity index (χ1v) is 4.36. The van der Waals surface area contributed by atoms with E-state index in [4.69, 9.17) is 10.2 Å². The summed E-state index contributed by atoms with van der Waals surface area (Å²) in [4.78, 5) is 10.6. The lowest BCUT2D eigenvalue weighted by Gasteiger charge is -2.15. The zero-order valence-corrected chi connectivity index (χ0v) is 7.95. The molecule has 0 amide bonds. The summed E-state index contributed by atoms with van der Waals surface area (Å²) >= 11 is 0. The molecule has 0 radical (unpaired) electrons. The van der Waals surface area contributed by atoms with Crippen molar-refractivity contribution in [1.29, 1.82) is 0 Å². The van der Waals surface area contributed by atoms with Crippen LogP contribution in [0, 0.1) is 11.8 Å². The molecule has 0 spiro atoms. The summed E-state index contributed by atoms with van der Waals surface area (Å²) in [7, 11) is 0. The number of aliphatic hydroxyl groups is 1. The maximum absolute atomic E-state index is 10.6. The van der Waals surface area contributed by atoms with Gasteiger partial charge in [0.05, 0.1) is 12.0 Å². The number of hydrogen-bond acceptors (Lipinski definition) is 2. The van der Waals surface area contributed by atoms with Crippen LogP contribution in [0.1, 0.15) is 33.6 Å². The van der Waals surface area contributed by atoms with Crippen LogP contribution < -0.4 is 0 Å². The van der Waals surface area contributed by atoms with E-state index in [1.807, 2.05) is 13.8 Å². The molecule has 72 valence electrons. The van der Waals surface area contributed by atoms with E-state index < -0.39 is 18.0 Å². The fourth-order valence-corrected chi connectivity index (χ4v) is 1.08. The maximum Gasteiger partial charge on any atom is 0.309 e. The van der Waals surface area contributed by atoms with Crippen LogP contribution in [-0.4, -0.2) is 22.3 Å². The Morgan fingerprint density at radius 2 is 1.75 bits per heavy atom. The van der Waals surface area contributed by atoms with Gasteiger partial charge in [-0.05, 0) is 19.3 Å². The highest BCUT2D eigenvalue weighted by Gasteiger charge is 2.22. The number of rotatable bonds is 5. The molecule has 0 bridgehead atoms. The van der Waals surface area contributed by atoms with Gasteiger partial charge in [-0.2, -0.15) is 0 Å². The van der Waals surface area contributed by atoms with Gasteiger partial charge in [0.15, 0.2) is 0 Å². The molecule has 0 aliphatic heterocycles. The van der Waals surface area contributed by atoms with Gasteiger partial charge >= 0.3 is 5.97 Å². The Morgan fingerprint density at radius 1 is 1.25 bits per heavy atom. The second-order valence-electron chi connectivity index (χ2n) is 3.66. The van der Waals surface area contributed by atoms with Crippen LogP contribution in [0.4, 0.5) is 0 Å². The molecule has 0 aliphatic carbocycles. The van der Waals surface area contributed by atoms with Crippen LogP contribution in [0.5, 0.6) is 0 Å². The molecule has 0 aromatic carbocycles. The lowest BCUT2D eigenvalue weighted by Crippen LogP contribution is -2.25. The van der Waals surface area contributed by atoms with Gasteiger partial charge < -0.3 is 10.2 Å². The number of aliphatic carboxylic acids is 1. The first-order chi connectivity index (χ1) is 5.45. The molecule has 0 aliphatic rings. The largest absolute Gasteiger partial charge is 0.481 e. The first kappa shape index (κ1) is 11.4. The Bertz CT molecular complexity index is 141. The van der Waals surface area contributed by atoms with Crippen LogP contribution >= 0.6 is 0 Å². The molecule has 0 heterocycles. The van der Waals surface area contributed by atoms with Crippen LogP contribution in [0.2, 0.25) is 0 Å². The van der Waals surface area contributed by atoms with Gasteiger partial charge in [-0.3, -0.25) is 4.79 Å². The normalized spacial score (nSPS) is 16.1. The summed E-state index contributed by atoms with van der Waals surface area (Å²) in [6.45, 7) is 5.61. The summed E-state index contributed by atoms with van der Waals surface area (Å²) in [6, 6.07) is 0.